The molecule has 1 atom stereocenters. The third-order valence-electron chi connectivity index (χ3n) is 2.49. The summed E-state index contributed by atoms with van der Waals surface area (Å²) in [5.74, 6) is 0. The van der Waals surface area contributed by atoms with Crippen LogP contribution >= 0.6 is 45.2 Å². The zero-order valence-corrected chi connectivity index (χ0v) is 13.6. The van der Waals surface area contributed by atoms with E-state index >= 15 is 0 Å². The summed E-state index contributed by atoms with van der Waals surface area (Å²) in [5.41, 5.74) is 2.36. The van der Waals surface area contributed by atoms with Crippen LogP contribution in [0, 0.1) is 0 Å². The van der Waals surface area contributed by atoms with E-state index in [1.807, 2.05) is 18.3 Å². The number of hydrogen-bond acceptors (Lipinski definition) is 1. The summed E-state index contributed by atoms with van der Waals surface area (Å²) in [6.45, 7) is 3.82. The first-order valence-corrected chi connectivity index (χ1v) is 8.34. The Bertz CT molecular complexity index is 325. The first-order chi connectivity index (χ1) is 7.79. The second-order valence-corrected chi connectivity index (χ2v) is 6.27. The van der Waals surface area contributed by atoms with Crippen molar-refractivity contribution in [3.8, 4) is 0 Å². The van der Waals surface area contributed by atoms with Crippen LogP contribution in [0.5, 0.6) is 0 Å². The zero-order chi connectivity index (χ0) is 11.8. The highest BCUT2D eigenvalue weighted by Gasteiger charge is 2.10. The van der Waals surface area contributed by atoms with E-state index < -0.39 is 0 Å². The van der Waals surface area contributed by atoms with Crippen molar-refractivity contribution in [3.63, 3.8) is 0 Å². The largest absolute Gasteiger partial charge is 0.257 e. The first kappa shape index (κ1) is 14.4. The maximum atomic E-state index is 4.34. The van der Waals surface area contributed by atoms with Gasteiger partial charge in [-0.1, -0.05) is 70.7 Å². The Morgan fingerprint density at radius 3 is 2.88 bits per heavy atom. The quantitative estimate of drug-likeness (QED) is 0.322. The molecule has 1 heterocycles. The molecule has 1 aromatic heterocycles. The number of pyridine rings is 1. The maximum Gasteiger partial charge on any atom is 0.0666 e. The van der Waals surface area contributed by atoms with Gasteiger partial charge in [0, 0.05) is 10.1 Å². The zero-order valence-electron chi connectivity index (χ0n) is 9.33. The van der Waals surface area contributed by atoms with Gasteiger partial charge in [-0.15, -0.1) is 0 Å². The van der Waals surface area contributed by atoms with Crippen LogP contribution in [-0.4, -0.2) is 9.41 Å². The summed E-state index contributed by atoms with van der Waals surface area (Å²) in [5, 5.41) is 0. The lowest BCUT2D eigenvalue weighted by molar-refractivity contribution is 0.674. The number of alkyl halides is 2. The van der Waals surface area contributed by atoms with Crippen molar-refractivity contribution < 1.29 is 0 Å². The summed E-state index contributed by atoms with van der Waals surface area (Å²) in [4.78, 5) is 4.34. The lowest BCUT2D eigenvalue weighted by Crippen LogP contribution is -1.95. The van der Waals surface area contributed by atoms with Crippen LogP contribution in [0.2, 0.25) is 0 Å². The SMILES string of the molecule is C=Cc1ncccc1C(I)CCCCCI. The van der Waals surface area contributed by atoms with Crippen LogP contribution in [0.15, 0.2) is 24.9 Å². The molecule has 3 heteroatoms. The van der Waals surface area contributed by atoms with Gasteiger partial charge < -0.3 is 0 Å². The predicted molar refractivity (Wildman–Crippen MR) is 88.4 cm³/mol. The molecule has 0 aliphatic heterocycles. The summed E-state index contributed by atoms with van der Waals surface area (Å²) in [6, 6.07) is 4.18. The highest BCUT2D eigenvalue weighted by Crippen LogP contribution is 2.31. The Morgan fingerprint density at radius 2 is 2.19 bits per heavy atom. The molecule has 0 fully saturated rings. The molecule has 0 spiro atoms. The molecule has 0 aliphatic carbocycles. The van der Waals surface area contributed by atoms with Gasteiger partial charge in [-0.25, -0.2) is 0 Å². The molecule has 0 N–H and O–H groups in total. The summed E-state index contributed by atoms with van der Waals surface area (Å²) in [7, 11) is 0. The van der Waals surface area contributed by atoms with Crippen LogP contribution in [0.3, 0.4) is 0 Å². The molecule has 1 unspecified atom stereocenters. The van der Waals surface area contributed by atoms with Gasteiger partial charge in [-0.3, -0.25) is 4.98 Å². The molecule has 0 saturated carbocycles. The molecule has 1 nitrogen and oxygen atoms in total. The van der Waals surface area contributed by atoms with Crippen LogP contribution in [0.4, 0.5) is 0 Å². The normalized spacial score (nSPS) is 12.4. The van der Waals surface area contributed by atoms with Gasteiger partial charge >= 0.3 is 0 Å². The van der Waals surface area contributed by atoms with E-state index in [0.29, 0.717) is 3.92 Å². The van der Waals surface area contributed by atoms with Crippen molar-refractivity contribution in [2.75, 3.05) is 4.43 Å². The van der Waals surface area contributed by atoms with Crippen molar-refractivity contribution in [2.24, 2.45) is 0 Å². The third-order valence-corrected chi connectivity index (χ3v) is 4.55. The summed E-state index contributed by atoms with van der Waals surface area (Å²) < 4.78 is 1.84. The fourth-order valence-electron chi connectivity index (χ4n) is 1.62. The Kier molecular flexibility index (Phi) is 7.60. The minimum atomic E-state index is 0.563. The molecular formula is C13H17I2N. The monoisotopic (exact) mass is 441 g/mol. The first-order valence-electron chi connectivity index (χ1n) is 5.57. The third kappa shape index (κ3) is 4.69. The van der Waals surface area contributed by atoms with Crippen LogP contribution in [0.25, 0.3) is 6.08 Å². The van der Waals surface area contributed by atoms with Crippen LogP contribution in [0.1, 0.15) is 40.9 Å². The van der Waals surface area contributed by atoms with Gasteiger partial charge in [-0.2, -0.15) is 0 Å². The smallest absolute Gasteiger partial charge is 0.0666 e. The molecule has 0 amide bonds. The second kappa shape index (κ2) is 8.44. The number of halogens is 2. The van der Waals surface area contributed by atoms with Crippen molar-refractivity contribution in [3.05, 3.63) is 36.2 Å². The van der Waals surface area contributed by atoms with Gasteiger partial charge in [0.2, 0.25) is 0 Å². The lowest BCUT2D eigenvalue weighted by Gasteiger charge is -2.12. The van der Waals surface area contributed by atoms with Gasteiger partial charge in [-0.05, 0) is 35.0 Å². The van der Waals surface area contributed by atoms with Crippen molar-refractivity contribution >= 4 is 51.3 Å². The highest BCUT2D eigenvalue weighted by molar-refractivity contribution is 14.1. The van der Waals surface area contributed by atoms with E-state index in [2.05, 4.69) is 62.8 Å². The van der Waals surface area contributed by atoms with E-state index in [0.717, 1.165) is 5.69 Å². The molecule has 0 radical (unpaired) electrons. The van der Waals surface area contributed by atoms with E-state index in [4.69, 9.17) is 0 Å². The fraction of sp³-hybridized carbons (Fsp3) is 0.462. The molecular weight excluding hydrogens is 424 g/mol. The average molecular weight is 441 g/mol. The molecule has 1 rings (SSSR count). The standard InChI is InChI=1S/C13H17I2N/c1-2-13-11(7-6-10-16-13)12(15)8-4-3-5-9-14/h2,6-7,10,12H,1,3-5,8-9H2. The van der Waals surface area contributed by atoms with Crippen LogP contribution in [-0.2, 0) is 0 Å². The summed E-state index contributed by atoms with van der Waals surface area (Å²) in [6.07, 6.45) is 8.91. The molecule has 88 valence electrons. The summed E-state index contributed by atoms with van der Waals surface area (Å²) >= 11 is 4.96. The average Bonchev–Trinajstić information content (AvgIpc) is 2.34. The molecule has 0 aromatic carbocycles. The highest BCUT2D eigenvalue weighted by atomic mass is 127. The van der Waals surface area contributed by atoms with Crippen molar-refractivity contribution in [1.82, 2.24) is 4.98 Å². The number of rotatable bonds is 7. The minimum absolute atomic E-state index is 0.563. The van der Waals surface area contributed by atoms with Gasteiger partial charge in [0.15, 0.2) is 0 Å². The van der Waals surface area contributed by atoms with Gasteiger partial charge in [0.05, 0.1) is 5.69 Å². The number of aromatic nitrogens is 1. The number of nitrogens with zero attached hydrogens (tertiary/aromatic N) is 1. The van der Waals surface area contributed by atoms with E-state index in [-0.39, 0.29) is 0 Å². The lowest BCUT2D eigenvalue weighted by atomic mass is 10.0. The minimum Gasteiger partial charge on any atom is -0.257 e. The molecule has 0 saturated heterocycles. The van der Waals surface area contributed by atoms with E-state index in [1.165, 1.54) is 35.7 Å². The molecule has 16 heavy (non-hydrogen) atoms. The number of unbranched alkanes of at least 4 members (excludes halogenated alkanes) is 2. The van der Waals surface area contributed by atoms with Crippen molar-refractivity contribution in [1.29, 1.82) is 0 Å². The Morgan fingerprint density at radius 1 is 1.38 bits per heavy atom. The van der Waals surface area contributed by atoms with Gasteiger partial charge in [0.25, 0.3) is 0 Å². The van der Waals surface area contributed by atoms with Gasteiger partial charge in [0.1, 0.15) is 0 Å². The van der Waals surface area contributed by atoms with Crippen molar-refractivity contribution in [2.45, 2.75) is 29.6 Å². The van der Waals surface area contributed by atoms with E-state index in [9.17, 15) is 0 Å². The second-order valence-electron chi connectivity index (χ2n) is 3.69. The Balaban J connectivity index is 2.51. The van der Waals surface area contributed by atoms with E-state index in [1.54, 1.807) is 0 Å². The fourth-order valence-corrected chi connectivity index (χ4v) is 3.12. The van der Waals surface area contributed by atoms with Crippen LogP contribution < -0.4 is 0 Å². The topological polar surface area (TPSA) is 12.9 Å². The molecule has 0 bridgehead atoms. The maximum absolute atomic E-state index is 4.34. The Labute approximate surface area is 125 Å². The Hall–Kier alpha value is 0.350. The predicted octanol–water partition coefficient (Wildman–Crippen LogP) is 5.20. The molecule has 1 aromatic rings. The molecule has 0 aliphatic rings. The number of hydrogen-bond donors (Lipinski definition) is 0.